The molecular weight excluding hydrogens is 406 g/mol. The highest BCUT2D eigenvalue weighted by molar-refractivity contribution is 6.45. The van der Waals surface area contributed by atoms with E-state index >= 15 is 0 Å². The number of piperidine rings is 1. The van der Waals surface area contributed by atoms with Crippen molar-refractivity contribution in [3.63, 3.8) is 0 Å². The van der Waals surface area contributed by atoms with Crippen molar-refractivity contribution in [2.75, 3.05) is 32.2 Å². The first-order valence-corrected chi connectivity index (χ1v) is 10.0. The molecule has 2 aromatic carbocycles. The van der Waals surface area contributed by atoms with Crippen LogP contribution >= 0.6 is 0 Å². The molecule has 0 saturated carbocycles. The Morgan fingerprint density at radius 1 is 0.839 bits per heavy atom. The van der Waals surface area contributed by atoms with Gasteiger partial charge in [-0.3, -0.25) is 9.59 Å². The highest BCUT2D eigenvalue weighted by Gasteiger charge is 2.44. The SMILES string of the molecule is COc1ccc(C2=C(N3CCCCC3)C(=O)N(c3cc(F)ccc3F)C2=O)cc1OC. The van der Waals surface area contributed by atoms with Gasteiger partial charge in [-0.2, -0.15) is 0 Å². The van der Waals surface area contributed by atoms with Crippen molar-refractivity contribution in [1.29, 1.82) is 0 Å². The number of halogens is 2. The Hall–Kier alpha value is -3.42. The van der Waals surface area contributed by atoms with E-state index < -0.39 is 29.1 Å². The number of hydrogen-bond acceptors (Lipinski definition) is 5. The molecular formula is C23H22F2N2O4. The van der Waals surface area contributed by atoms with Crippen molar-refractivity contribution < 1.29 is 27.8 Å². The highest BCUT2D eigenvalue weighted by atomic mass is 19.1. The molecule has 31 heavy (non-hydrogen) atoms. The van der Waals surface area contributed by atoms with Crippen LogP contribution in [-0.4, -0.2) is 44.0 Å². The van der Waals surface area contributed by atoms with Crippen molar-refractivity contribution in [3.05, 3.63) is 59.3 Å². The maximum atomic E-state index is 14.5. The molecule has 0 atom stereocenters. The molecule has 1 saturated heterocycles. The predicted molar refractivity (Wildman–Crippen MR) is 111 cm³/mol. The van der Waals surface area contributed by atoms with Gasteiger partial charge in [0, 0.05) is 19.2 Å². The van der Waals surface area contributed by atoms with Crippen LogP contribution < -0.4 is 14.4 Å². The summed E-state index contributed by atoms with van der Waals surface area (Å²) in [5.41, 5.74) is 0.368. The van der Waals surface area contributed by atoms with Gasteiger partial charge < -0.3 is 14.4 Å². The molecule has 2 aromatic rings. The van der Waals surface area contributed by atoms with Gasteiger partial charge in [-0.25, -0.2) is 13.7 Å². The zero-order valence-electron chi connectivity index (χ0n) is 17.3. The summed E-state index contributed by atoms with van der Waals surface area (Å²) in [6.45, 7) is 1.20. The average Bonchev–Trinajstić information content (AvgIpc) is 3.05. The number of imide groups is 1. The summed E-state index contributed by atoms with van der Waals surface area (Å²) < 4.78 is 38.9. The Morgan fingerprint density at radius 2 is 1.55 bits per heavy atom. The van der Waals surface area contributed by atoms with Gasteiger partial charge in [-0.05, 0) is 49.1 Å². The second-order valence-electron chi connectivity index (χ2n) is 7.38. The lowest BCUT2D eigenvalue weighted by Gasteiger charge is -2.29. The molecule has 0 aliphatic carbocycles. The fourth-order valence-electron chi connectivity index (χ4n) is 4.06. The number of hydrogen-bond donors (Lipinski definition) is 0. The van der Waals surface area contributed by atoms with E-state index in [2.05, 4.69) is 0 Å². The molecule has 0 N–H and O–H groups in total. The molecule has 0 aromatic heterocycles. The number of amides is 2. The van der Waals surface area contributed by atoms with E-state index in [0.717, 1.165) is 37.5 Å². The lowest BCUT2D eigenvalue weighted by atomic mass is 10.0. The largest absolute Gasteiger partial charge is 0.493 e. The Kier molecular flexibility index (Phi) is 5.63. The van der Waals surface area contributed by atoms with E-state index in [1.54, 1.807) is 18.2 Å². The Morgan fingerprint density at radius 3 is 2.23 bits per heavy atom. The molecule has 2 amide bonds. The zero-order valence-corrected chi connectivity index (χ0v) is 17.3. The second-order valence-corrected chi connectivity index (χ2v) is 7.38. The summed E-state index contributed by atoms with van der Waals surface area (Å²) in [5, 5.41) is 0. The van der Waals surface area contributed by atoms with Crippen LogP contribution in [0.2, 0.25) is 0 Å². The molecule has 0 radical (unpaired) electrons. The van der Waals surface area contributed by atoms with Gasteiger partial charge in [0.2, 0.25) is 0 Å². The molecule has 6 nitrogen and oxygen atoms in total. The quantitative estimate of drug-likeness (QED) is 0.679. The topological polar surface area (TPSA) is 59.1 Å². The minimum Gasteiger partial charge on any atom is -0.493 e. The number of benzene rings is 2. The van der Waals surface area contributed by atoms with Crippen molar-refractivity contribution in [2.24, 2.45) is 0 Å². The molecule has 0 unspecified atom stereocenters. The summed E-state index contributed by atoms with van der Waals surface area (Å²) in [6, 6.07) is 7.60. The summed E-state index contributed by atoms with van der Waals surface area (Å²) in [6.07, 6.45) is 2.77. The maximum absolute atomic E-state index is 14.5. The minimum absolute atomic E-state index is 0.136. The number of ether oxygens (including phenoxy) is 2. The Bertz CT molecular complexity index is 1080. The number of nitrogens with zero attached hydrogens (tertiary/aromatic N) is 2. The first-order valence-electron chi connectivity index (χ1n) is 10.0. The molecule has 0 spiro atoms. The Balaban J connectivity index is 1.87. The fraction of sp³-hybridized carbons (Fsp3) is 0.304. The molecule has 8 heteroatoms. The lowest BCUT2D eigenvalue weighted by Crippen LogP contribution is -2.37. The third-order valence-electron chi connectivity index (χ3n) is 5.55. The molecule has 2 heterocycles. The van der Waals surface area contributed by atoms with Gasteiger partial charge in [-0.1, -0.05) is 6.07 Å². The maximum Gasteiger partial charge on any atom is 0.282 e. The number of rotatable bonds is 5. The first kappa shape index (κ1) is 20.8. The van der Waals surface area contributed by atoms with Crippen LogP contribution in [0.15, 0.2) is 42.1 Å². The minimum atomic E-state index is -0.852. The third-order valence-corrected chi connectivity index (χ3v) is 5.55. The summed E-state index contributed by atoms with van der Waals surface area (Å²) in [5.74, 6) is -2.11. The fourth-order valence-corrected chi connectivity index (χ4v) is 4.06. The predicted octanol–water partition coefficient (Wildman–Crippen LogP) is 3.75. The lowest BCUT2D eigenvalue weighted by molar-refractivity contribution is -0.120. The van der Waals surface area contributed by atoms with E-state index in [0.29, 0.717) is 35.1 Å². The molecule has 1 fully saturated rings. The number of anilines is 1. The van der Waals surface area contributed by atoms with E-state index in [1.165, 1.54) is 14.2 Å². The van der Waals surface area contributed by atoms with E-state index in [4.69, 9.17) is 9.47 Å². The highest BCUT2D eigenvalue weighted by Crippen LogP contribution is 2.39. The van der Waals surface area contributed by atoms with Gasteiger partial charge in [-0.15, -0.1) is 0 Å². The second kappa shape index (κ2) is 8.37. The number of carbonyl (C=O) groups is 2. The van der Waals surface area contributed by atoms with Crippen LogP contribution in [0.1, 0.15) is 24.8 Å². The summed E-state index contributed by atoms with van der Waals surface area (Å²) in [4.78, 5) is 29.4. The number of likely N-dealkylation sites (tertiary alicyclic amines) is 1. The van der Waals surface area contributed by atoms with Crippen LogP contribution in [-0.2, 0) is 9.59 Å². The van der Waals surface area contributed by atoms with Crippen LogP contribution in [0.3, 0.4) is 0 Å². The van der Waals surface area contributed by atoms with E-state index in [9.17, 15) is 18.4 Å². The van der Waals surface area contributed by atoms with Gasteiger partial charge in [0.1, 0.15) is 17.3 Å². The van der Waals surface area contributed by atoms with Crippen LogP contribution in [0.25, 0.3) is 5.57 Å². The normalized spacial score (nSPS) is 16.9. The average molecular weight is 428 g/mol. The molecule has 4 rings (SSSR count). The van der Waals surface area contributed by atoms with Crippen molar-refractivity contribution in [3.8, 4) is 11.5 Å². The standard InChI is InChI=1S/C23H22F2N2O4/c1-30-18-9-6-14(12-19(18)31-2)20-21(26-10-4-3-5-11-26)23(29)27(22(20)28)17-13-15(24)7-8-16(17)25/h6-9,12-13H,3-5,10-11H2,1-2H3. The van der Waals surface area contributed by atoms with Gasteiger partial charge >= 0.3 is 0 Å². The van der Waals surface area contributed by atoms with Crippen molar-refractivity contribution in [1.82, 2.24) is 4.90 Å². The molecule has 162 valence electrons. The molecule has 2 aliphatic heterocycles. The zero-order chi connectivity index (χ0) is 22.1. The number of carbonyl (C=O) groups excluding carboxylic acids is 2. The van der Waals surface area contributed by atoms with E-state index in [-0.39, 0.29) is 11.3 Å². The van der Waals surface area contributed by atoms with Crippen molar-refractivity contribution >= 4 is 23.1 Å². The van der Waals surface area contributed by atoms with Crippen LogP contribution in [0, 0.1) is 11.6 Å². The van der Waals surface area contributed by atoms with Crippen LogP contribution in [0.5, 0.6) is 11.5 Å². The van der Waals surface area contributed by atoms with Crippen molar-refractivity contribution in [2.45, 2.75) is 19.3 Å². The van der Waals surface area contributed by atoms with E-state index in [1.807, 2.05) is 4.90 Å². The Labute approximate surface area is 178 Å². The van der Waals surface area contributed by atoms with Gasteiger partial charge in [0.15, 0.2) is 11.5 Å². The monoisotopic (exact) mass is 428 g/mol. The first-order chi connectivity index (χ1) is 15.0. The third kappa shape index (κ3) is 3.62. The van der Waals surface area contributed by atoms with Gasteiger partial charge in [0.05, 0.1) is 25.5 Å². The van der Waals surface area contributed by atoms with Crippen LogP contribution in [0.4, 0.5) is 14.5 Å². The van der Waals surface area contributed by atoms with Gasteiger partial charge in [0.25, 0.3) is 11.8 Å². The number of methoxy groups -OCH3 is 2. The summed E-state index contributed by atoms with van der Waals surface area (Å²) >= 11 is 0. The molecule has 0 bridgehead atoms. The smallest absolute Gasteiger partial charge is 0.282 e. The molecule has 2 aliphatic rings. The summed E-state index contributed by atoms with van der Waals surface area (Å²) in [7, 11) is 2.96.